The molecule has 0 saturated carbocycles. The van der Waals surface area contributed by atoms with E-state index >= 15 is 0 Å². The SMILES string of the molecule is CCCCCCCCC1CC[Si](OCC)(OCC)[Si](OCC)(OCC)O1. The van der Waals surface area contributed by atoms with Crippen LogP contribution in [-0.2, 0) is 22.1 Å². The standard InChI is InChI=1S/C19H42O5Si2/c1-6-11-12-13-14-15-16-19-17-18-25(20-7-2,21-8-3)26(24-19,22-9-4)23-10-5/h19H,6-18H2,1-5H3. The Balaban J connectivity index is 2.76. The van der Waals surface area contributed by atoms with Gasteiger partial charge in [-0.3, -0.25) is 0 Å². The molecule has 1 atom stereocenters. The monoisotopic (exact) mass is 406 g/mol. The first-order chi connectivity index (χ1) is 12.6. The first kappa shape index (κ1) is 24.3. The van der Waals surface area contributed by atoms with E-state index in [0.717, 1.165) is 18.9 Å². The zero-order valence-corrected chi connectivity index (χ0v) is 19.8. The minimum Gasteiger partial charge on any atom is -0.392 e. The third-order valence-corrected chi connectivity index (χ3v) is 15.9. The molecule has 26 heavy (non-hydrogen) atoms. The van der Waals surface area contributed by atoms with Crippen molar-refractivity contribution in [1.29, 1.82) is 0 Å². The summed E-state index contributed by atoms with van der Waals surface area (Å²) >= 11 is 0. The third-order valence-electron chi connectivity index (χ3n) is 4.89. The summed E-state index contributed by atoms with van der Waals surface area (Å²) in [5.41, 5.74) is 0. The Morgan fingerprint density at radius 2 is 1.27 bits per heavy atom. The Morgan fingerprint density at radius 1 is 0.731 bits per heavy atom. The highest BCUT2D eigenvalue weighted by molar-refractivity contribution is 7.29. The van der Waals surface area contributed by atoms with Gasteiger partial charge in [-0.1, -0.05) is 45.4 Å². The topological polar surface area (TPSA) is 46.2 Å². The van der Waals surface area contributed by atoms with Crippen LogP contribution in [0.15, 0.2) is 0 Å². The summed E-state index contributed by atoms with van der Waals surface area (Å²) in [6.07, 6.45) is 10.1. The molecule has 1 saturated heterocycles. The molecule has 0 amide bonds. The van der Waals surface area contributed by atoms with Gasteiger partial charge in [-0.05, 0) is 46.6 Å². The Morgan fingerprint density at radius 3 is 1.81 bits per heavy atom. The van der Waals surface area contributed by atoms with E-state index in [2.05, 4.69) is 6.92 Å². The fraction of sp³-hybridized carbons (Fsp3) is 1.00. The van der Waals surface area contributed by atoms with Crippen molar-refractivity contribution in [2.75, 3.05) is 26.4 Å². The quantitative estimate of drug-likeness (QED) is 0.279. The second-order valence-corrected chi connectivity index (χ2v) is 15.5. The highest BCUT2D eigenvalue weighted by Gasteiger charge is 2.70. The summed E-state index contributed by atoms with van der Waals surface area (Å²) in [7, 11) is -5.59. The normalized spacial score (nSPS) is 21.8. The molecule has 0 radical (unpaired) electrons. The van der Waals surface area contributed by atoms with Crippen molar-refractivity contribution < 1.29 is 22.1 Å². The highest BCUT2D eigenvalue weighted by Crippen LogP contribution is 2.38. The van der Waals surface area contributed by atoms with Crippen molar-refractivity contribution in [1.82, 2.24) is 0 Å². The third kappa shape index (κ3) is 6.69. The lowest BCUT2D eigenvalue weighted by atomic mass is 10.1. The summed E-state index contributed by atoms with van der Waals surface area (Å²) in [6.45, 7) is 12.7. The van der Waals surface area contributed by atoms with Crippen LogP contribution in [0.4, 0.5) is 0 Å². The van der Waals surface area contributed by atoms with Gasteiger partial charge in [0, 0.05) is 32.5 Å². The van der Waals surface area contributed by atoms with Crippen molar-refractivity contribution in [3.8, 4) is 0 Å². The Hall–Kier alpha value is 0.234. The average Bonchev–Trinajstić information content (AvgIpc) is 2.62. The molecular weight excluding hydrogens is 364 g/mol. The second-order valence-electron chi connectivity index (χ2n) is 6.88. The lowest BCUT2D eigenvalue weighted by Gasteiger charge is -2.47. The molecule has 0 spiro atoms. The van der Waals surface area contributed by atoms with Gasteiger partial charge >= 0.3 is 16.4 Å². The molecule has 1 aliphatic heterocycles. The number of hydrogen-bond donors (Lipinski definition) is 0. The molecule has 0 bridgehead atoms. The van der Waals surface area contributed by atoms with Crippen molar-refractivity contribution in [3.05, 3.63) is 0 Å². The lowest BCUT2D eigenvalue weighted by Crippen LogP contribution is -2.75. The van der Waals surface area contributed by atoms with Crippen LogP contribution >= 0.6 is 0 Å². The van der Waals surface area contributed by atoms with Gasteiger partial charge in [0.05, 0.1) is 0 Å². The van der Waals surface area contributed by atoms with E-state index in [1.54, 1.807) is 0 Å². The Kier molecular flexibility index (Phi) is 12.5. The van der Waals surface area contributed by atoms with Crippen LogP contribution in [-0.4, -0.2) is 48.9 Å². The van der Waals surface area contributed by atoms with E-state index in [4.69, 9.17) is 22.1 Å². The van der Waals surface area contributed by atoms with Gasteiger partial charge in [-0.15, -0.1) is 0 Å². The van der Waals surface area contributed by atoms with E-state index in [0.29, 0.717) is 26.4 Å². The van der Waals surface area contributed by atoms with E-state index in [1.165, 1.54) is 38.5 Å². The number of hydrogen-bond acceptors (Lipinski definition) is 5. The van der Waals surface area contributed by atoms with E-state index < -0.39 is 16.4 Å². The predicted molar refractivity (Wildman–Crippen MR) is 110 cm³/mol. The Bertz CT molecular complexity index is 345. The summed E-state index contributed by atoms with van der Waals surface area (Å²) in [4.78, 5) is 0. The van der Waals surface area contributed by atoms with E-state index in [9.17, 15) is 0 Å². The first-order valence-corrected chi connectivity index (χ1v) is 15.6. The minimum absolute atomic E-state index is 0.215. The molecule has 1 rings (SSSR count). The molecule has 7 heteroatoms. The molecule has 0 aromatic rings. The van der Waals surface area contributed by atoms with Crippen LogP contribution < -0.4 is 0 Å². The molecule has 1 heterocycles. The van der Waals surface area contributed by atoms with Gasteiger partial charge in [-0.2, -0.15) is 0 Å². The summed E-state index contributed by atoms with van der Waals surface area (Å²) in [5, 5.41) is 0. The highest BCUT2D eigenvalue weighted by atomic mass is 29.3. The van der Waals surface area contributed by atoms with E-state index in [1.807, 2.05) is 27.7 Å². The summed E-state index contributed by atoms with van der Waals surface area (Å²) in [5.74, 6) is 0. The van der Waals surface area contributed by atoms with Gasteiger partial charge < -0.3 is 22.1 Å². The number of rotatable bonds is 15. The summed E-state index contributed by atoms with van der Waals surface area (Å²) in [6, 6.07) is 0.918. The minimum atomic E-state index is -2.95. The molecule has 1 aliphatic rings. The van der Waals surface area contributed by atoms with Gasteiger partial charge in [-0.25, -0.2) is 0 Å². The maximum atomic E-state index is 6.61. The molecule has 5 nitrogen and oxygen atoms in total. The molecule has 0 aromatic heterocycles. The largest absolute Gasteiger partial charge is 0.539 e. The fourth-order valence-corrected chi connectivity index (χ4v) is 15.2. The zero-order valence-electron chi connectivity index (χ0n) is 17.8. The molecular formula is C19H42O5Si2. The van der Waals surface area contributed by atoms with Gasteiger partial charge in [0.2, 0.25) is 0 Å². The smallest absolute Gasteiger partial charge is 0.392 e. The molecule has 0 N–H and O–H groups in total. The van der Waals surface area contributed by atoms with Gasteiger partial charge in [0.15, 0.2) is 0 Å². The van der Waals surface area contributed by atoms with Crippen LogP contribution in [0.1, 0.15) is 86.0 Å². The molecule has 1 unspecified atom stereocenters. The maximum absolute atomic E-state index is 6.61. The number of unbranched alkanes of at least 4 members (excludes halogenated alkanes) is 5. The predicted octanol–water partition coefficient (Wildman–Crippen LogP) is 5.13. The van der Waals surface area contributed by atoms with Gasteiger partial charge in [0.25, 0.3) is 0 Å². The van der Waals surface area contributed by atoms with Crippen molar-refractivity contribution in [2.45, 2.75) is 98.1 Å². The van der Waals surface area contributed by atoms with Crippen LogP contribution in [0, 0.1) is 0 Å². The van der Waals surface area contributed by atoms with Crippen LogP contribution in [0.5, 0.6) is 0 Å². The van der Waals surface area contributed by atoms with Crippen LogP contribution in [0.3, 0.4) is 0 Å². The maximum Gasteiger partial charge on any atom is 0.539 e. The van der Waals surface area contributed by atoms with Crippen molar-refractivity contribution >= 4 is 16.4 Å². The molecule has 0 aromatic carbocycles. The van der Waals surface area contributed by atoms with E-state index in [-0.39, 0.29) is 6.10 Å². The van der Waals surface area contributed by atoms with Crippen LogP contribution in [0.25, 0.3) is 0 Å². The lowest BCUT2D eigenvalue weighted by molar-refractivity contribution is 0.0116. The summed E-state index contributed by atoms with van der Waals surface area (Å²) < 4.78 is 31.6. The van der Waals surface area contributed by atoms with Crippen molar-refractivity contribution in [2.24, 2.45) is 0 Å². The zero-order chi connectivity index (χ0) is 19.3. The molecule has 1 fully saturated rings. The fourth-order valence-electron chi connectivity index (χ4n) is 3.77. The van der Waals surface area contributed by atoms with Gasteiger partial charge in [0.1, 0.15) is 0 Å². The molecule has 156 valence electrons. The molecule has 0 aliphatic carbocycles. The van der Waals surface area contributed by atoms with Crippen molar-refractivity contribution in [3.63, 3.8) is 0 Å². The average molecular weight is 407 g/mol. The second kappa shape index (κ2) is 13.4. The Labute approximate surface area is 163 Å². The van der Waals surface area contributed by atoms with Crippen LogP contribution in [0.2, 0.25) is 6.04 Å². The first-order valence-electron chi connectivity index (χ1n) is 10.9.